The molecular weight excluding hydrogens is 360 g/mol. The van der Waals surface area contributed by atoms with Crippen molar-refractivity contribution in [3.8, 4) is 0 Å². The molecule has 178 valence electrons. The normalized spacial score (nSPS) is 14.3. The Morgan fingerprint density at radius 3 is 1.17 bits per heavy atom. The minimum Gasteiger partial charge on any atom is -0.394 e. The van der Waals surface area contributed by atoms with Crippen molar-refractivity contribution >= 4 is 0 Å². The average Bonchev–Trinajstić information content (AvgIpc) is 2.66. The largest absolute Gasteiger partial charge is 0.394 e. The van der Waals surface area contributed by atoms with E-state index in [-0.39, 0.29) is 24.4 Å². The van der Waals surface area contributed by atoms with Crippen molar-refractivity contribution in [1.29, 1.82) is 0 Å². The highest BCUT2D eigenvalue weighted by molar-refractivity contribution is 4.84. The topological polar surface area (TPSA) is 49.7 Å². The Labute approximate surface area is 184 Å². The van der Waals surface area contributed by atoms with Crippen LogP contribution in [0.1, 0.15) is 132 Å². The smallest absolute Gasteiger partial charge is 0.0662 e. The van der Waals surface area contributed by atoms with Gasteiger partial charge in [-0.15, -0.1) is 0 Å². The number of aliphatic hydroxyl groups is 2. The Kier molecular flexibility index (Phi) is 20.0. The zero-order valence-electron chi connectivity index (χ0n) is 21.4. The zero-order chi connectivity index (χ0) is 22.8. The summed E-state index contributed by atoms with van der Waals surface area (Å²) in [7, 11) is 0. The molecule has 0 saturated heterocycles. The van der Waals surface area contributed by atoms with Crippen molar-refractivity contribution < 1.29 is 14.9 Å². The Balaban J connectivity index is 0. The molecule has 0 spiro atoms. The van der Waals surface area contributed by atoms with Gasteiger partial charge in [0.15, 0.2) is 0 Å². The fraction of sp³-hybridized carbons (Fsp3) is 1.00. The Bertz CT molecular complexity index is 307. The highest BCUT2D eigenvalue weighted by atomic mass is 16.5. The molecule has 0 heterocycles. The minimum absolute atomic E-state index is 0.0370. The molecule has 2 N–H and O–H groups in total. The summed E-state index contributed by atoms with van der Waals surface area (Å²) in [6.45, 7) is 18.3. The van der Waals surface area contributed by atoms with Gasteiger partial charge in [-0.1, -0.05) is 91.9 Å². The fourth-order valence-corrected chi connectivity index (χ4v) is 3.68. The molecule has 3 nitrogen and oxygen atoms in total. The number of aliphatic hydroxyl groups excluding tert-OH is 2. The van der Waals surface area contributed by atoms with Crippen LogP contribution >= 0.6 is 0 Å². The first-order valence-electron chi connectivity index (χ1n) is 12.5. The Hall–Kier alpha value is -0.120. The van der Waals surface area contributed by atoms with Crippen molar-refractivity contribution in [3.63, 3.8) is 0 Å². The summed E-state index contributed by atoms with van der Waals surface area (Å²) >= 11 is 0. The van der Waals surface area contributed by atoms with E-state index in [4.69, 9.17) is 14.9 Å². The van der Waals surface area contributed by atoms with E-state index in [1.807, 2.05) is 0 Å². The van der Waals surface area contributed by atoms with E-state index in [0.29, 0.717) is 11.8 Å². The van der Waals surface area contributed by atoms with Crippen LogP contribution in [-0.2, 0) is 4.74 Å². The monoisotopic (exact) mass is 416 g/mol. The van der Waals surface area contributed by atoms with Crippen LogP contribution in [0.2, 0.25) is 0 Å². The van der Waals surface area contributed by atoms with Gasteiger partial charge in [0, 0.05) is 0 Å². The molecule has 0 fully saturated rings. The van der Waals surface area contributed by atoms with Gasteiger partial charge in [-0.3, -0.25) is 0 Å². The standard InChI is InChI=1S/C24H50O.C2H6O2/c1-9-11-13-15-17-19-21(3)23(5,6)25-24(7,8)22(4)20-18-16-14-12-10-2;3-1-2-4/h21-22H,9-20H2,1-8H3;3-4H,1-2H2. The third kappa shape index (κ3) is 17.3. The molecule has 0 radical (unpaired) electrons. The molecule has 0 aromatic rings. The van der Waals surface area contributed by atoms with Gasteiger partial charge in [0.2, 0.25) is 0 Å². The van der Waals surface area contributed by atoms with Gasteiger partial charge < -0.3 is 14.9 Å². The number of ether oxygens (including phenoxy) is 1. The van der Waals surface area contributed by atoms with E-state index in [1.54, 1.807) is 0 Å². The summed E-state index contributed by atoms with van der Waals surface area (Å²) in [5.74, 6) is 1.23. The minimum atomic E-state index is -0.125. The van der Waals surface area contributed by atoms with Crippen LogP contribution in [0.4, 0.5) is 0 Å². The zero-order valence-corrected chi connectivity index (χ0v) is 21.4. The third-order valence-electron chi connectivity index (χ3n) is 6.48. The van der Waals surface area contributed by atoms with E-state index in [0.717, 1.165) is 0 Å². The molecule has 2 atom stereocenters. The number of hydrogen-bond acceptors (Lipinski definition) is 3. The van der Waals surface area contributed by atoms with Gasteiger partial charge in [0.05, 0.1) is 24.4 Å². The van der Waals surface area contributed by atoms with Gasteiger partial charge in [0.1, 0.15) is 0 Å². The predicted molar refractivity (Wildman–Crippen MR) is 128 cm³/mol. The summed E-state index contributed by atoms with van der Waals surface area (Å²) in [6, 6.07) is 0. The van der Waals surface area contributed by atoms with Gasteiger partial charge in [-0.05, 0) is 52.4 Å². The second-order valence-electron chi connectivity index (χ2n) is 9.96. The lowest BCUT2D eigenvalue weighted by Crippen LogP contribution is -2.45. The van der Waals surface area contributed by atoms with Crippen molar-refractivity contribution in [2.24, 2.45) is 11.8 Å². The highest BCUT2D eigenvalue weighted by Crippen LogP contribution is 2.35. The number of hydrogen-bond donors (Lipinski definition) is 2. The van der Waals surface area contributed by atoms with Crippen LogP contribution < -0.4 is 0 Å². The summed E-state index contributed by atoms with van der Waals surface area (Å²) in [6.07, 6.45) is 16.3. The lowest BCUT2D eigenvalue weighted by molar-refractivity contribution is -0.169. The molecule has 0 aromatic heterocycles. The van der Waals surface area contributed by atoms with E-state index in [2.05, 4.69) is 55.4 Å². The third-order valence-corrected chi connectivity index (χ3v) is 6.48. The van der Waals surface area contributed by atoms with Gasteiger partial charge >= 0.3 is 0 Å². The maximum atomic E-state index is 7.62. The van der Waals surface area contributed by atoms with Crippen LogP contribution in [-0.4, -0.2) is 34.6 Å². The van der Waals surface area contributed by atoms with Crippen LogP contribution in [0.15, 0.2) is 0 Å². The average molecular weight is 417 g/mol. The summed E-state index contributed by atoms with van der Waals surface area (Å²) in [5.41, 5.74) is -0.0740. The van der Waals surface area contributed by atoms with E-state index in [1.165, 1.54) is 77.0 Å². The Morgan fingerprint density at radius 2 is 0.897 bits per heavy atom. The summed E-state index contributed by atoms with van der Waals surface area (Å²) < 4.78 is 6.71. The molecule has 2 unspecified atom stereocenters. The highest BCUT2D eigenvalue weighted by Gasteiger charge is 2.36. The van der Waals surface area contributed by atoms with Gasteiger partial charge in [0.25, 0.3) is 0 Å². The second-order valence-corrected chi connectivity index (χ2v) is 9.96. The second kappa shape index (κ2) is 18.6. The van der Waals surface area contributed by atoms with Gasteiger partial charge in [-0.2, -0.15) is 0 Å². The molecule has 0 rings (SSSR count). The Morgan fingerprint density at radius 1 is 0.586 bits per heavy atom. The molecule has 0 amide bonds. The fourth-order valence-electron chi connectivity index (χ4n) is 3.68. The van der Waals surface area contributed by atoms with E-state index < -0.39 is 0 Å². The quantitative estimate of drug-likeness (QED) is 0.241. The lowest BCUT2D eigenvalue weighted by atomic mass is 9.83. The summed E-state index contributed by atoms with van der Waals surface area (Å²) in [5, 5.41) is 15.2. The first kappa shape index (κ1) is 31.1. The predicted octanol–water partition coefficient (Wildman–Crippen LogP) is 7.52. The van der Waals surface area contributed by atoms with Crippen LogP contribution in [0.3, 0.4) is 0 Å². The molecule has 0 aromatic carbocycles. The molecule has 0 aliphatic carbocycles. The van der Waals surface area contributed by atoms with E-state index in [9.17, 15) is 0 Å². The maximum Gasteiger partial charge on any atom is 0.0662 e. The van der Waals surface area contributed by atoms with Crippen molar-refractivity contribution in [3.05, 3.63) is 0 Å². The SMILES string of the molecule is CCCCCCCC(C)C(C)(C)OC(C)(C)C(C)CCCCCCC.OCCO. The molecular formula is C26H56O3. The molecule has 0 bridgehead atoms. The van der Waals surface area contributed by atoms with Crippen molar-refractivity contribution in [1.82, 2.24) is 0 Å². The summed E-state index contributed by atoms with van der Waals surface area (Å²) in [4.78, 5) is 0. The lowest BCUT2D eigenvalue weighted by Gasteiger charge is -2.43. The maximum absolute atomic E-state index is 7.62. The van der Waals surface area contributed by atoms with Crippen molar-refractivity contribution in [2.45, 2.75) is 144 Å². The molecule has 3 heteroatoms. The van der Waals surface area contributed by atoms with Crippen LogP contribution in [0, 0.1) is 11.8 Å². The van der Waals surface area contributed by atoms with Crippen LogP contribution in [0.5, 0.6) is 0 Å². The molecule has 29 heavy (non-hydrogen) atoms. The van der Waals surface area contributed by atoms with Gasteiger partial charge in [-0.25, -0.2) is 0 Å². The number of unbranched alkanes of at least 4 members (excludes halogenated alkanes) is 8. The first-order chi connectivity index (χ1) is 13.6. The molecule has 0 saturated carbocycles. The molecule has 0 aliphatic heterocycles. The molecule has 0 aliphatic rings. The van der Waals surface area contributed by atoms with E-state index >= 15 is 0 Å². The van der Waals surface area contributed by atoms with Crippen molar-refractivity contribution in [2.75, 3.05) is 13.2 Å². The number of rotatable bonds is 17. The van der Waals surface area contributed by atoms with Crippen LogP contribution in [0.25, 0.3) is 0 Å². The first-order valence-corrected chi connectivity index (χ1v) is 12.5.